The highest BCUT2D eigenvalue weighted by Gasteiger charge is 2.45. The van der Waals surface area contributed by atoms with E-state index in [2.05, 4.69) is 6.58 Å². The van der Waals surface area contributed by atoms with Gasteiger partial charge in [0.15, 0.2) is 5.72 Å². The maximum atomic E-state index is 11.8. The summed E-state index contributed by atoms with van der Waals surface area (Å²) in [5.74, 6) is 0.0748. The number of rotatable bonds is 4. The van der Waals surface area contributed by atoms with E-state index < -0.39 is 15.7 Å². The Kier molecular flexibility index (Phi) is 4.36. The summed E-state index contributed by atoms with van der Waals surface area (Å²) >= 11 is 6.76. The quantitative estimate of drug-likeness (QED) is 0.803. The van der Waals surface area contributed by atoms with Crippen LogP contribution in [0.1, 0.15) is 5.56 Å². The normalized spacial score (nSPS) is 22.6. The molecule has 1 fully saturated rings. The number of aliphatic hydroxyl groups is 1. The van der Waals surface area contributed by atoms with Gasteiger partial charge in [-0.1, -0.05) is 35.5 Å². The van der Waals surface area contributed by atoms with Crippen molar-refractivity contribution in [2.45, 2.75) is 10.6 Å². The third kappa shape index (κ3) is 2.95. The highest BCUT2D eigenvalue weighted by atomic mass is 35.5. The molecule has 1 aliphatic rings. The summed E-state index contributed by atoms with van der Waals surface area (Å²) in [6.07, 6.45) is 1.48. The van der Waals surface area contributed by atoms with Crippen LogP contribution >= 0.6 is 23.4 Å². The number of amides is 1. The zero-order valence-electron chi connectivity index (χ0n) is 10.8. The number of hydrogen-bond donors (Lipinski definition) is 2. The van der Waals surface area contributed by atoms with Gasteiger partial charge in [-0.05, 0) is 12.1 Å². The zero-order chi connectivity index (χ0) is 15.8. The molecular weight excluding hydrogens is 336 g/mol. The van der Waals surface area contributed by atoms with Gasteiger partial charge in [0, 0.05) is 12.1 Å². The van der Waals surface area contributed by atoms with Crippen molar-refractivity contribution in [3.8, 4) is 0 Å². The molecule has 1 heterocycles. The second kappa shape index (κ2) is 5.62. The molecule has 1 aromatic carbocycles. The second-order valence-corrected chi connectivity index (χ2v) is 7.32. The maximum absolute atomic E-state index is 11.8. The molecule has 1 saturated heterocycles. The molecule has 1 atom stereocenters. The van der Waals surface area contributed by atoms with Crippen LogP contribution in [0.4, 0.5) is 4.79 Å². The average molecular weight is 349 g/mol. The van der Waals surface area contributed by atoms with E-state index in [1.807, 2.05) is 0 Å². The van der Waals surface area contributed by atoms with Crippen LogP contribution in [0, 0.1) is 0 Å². The Morgan fingerprint density at radius 2 is 2.24 bits per heavy atom. The van der Waals surface area contributed by atoms with Crippen LogP contribution in [0.5, 0.6) is 0 Å². The Hall–Kier alpha value is -1.06. The Bertz CT molecular complexity index is 707. The summed E-state index contributed by atoms with van der Waals surface area (Å²) in [5, 5.41) is 15.5. The minimum absolute atomic E-state index is 0.0444. The number of carbonyl (C=O) groups excluding carboxylic acids is 1. The highest BCUT2D eigenvalue weighted by molar-refractivity contribution is 8.13. The van der Waals surface area contributed by atoms with E-state index in [1.54, 1.807) is 0 Å². The lowest BCUT2D eigenvalue weighted by Crippen LogP contribution is -2.44. The zero-order valence-corrected chi connectivity index (χ0v) is 13.2. The predicted molar refractivity (Wildman–Crippen MR) is 81.5 cm³/mol. The number of hydrogen-bond acceptors (Lipinski definition) is 5. The standard InChI is InChI=1S/C12H13ClN2O4S2/c1-2-5-15-11(16)20-7-12(15,17)8-3-4-9(13)10(6-8)21(14,18)19/h2-4,6,17H,1,5,7H2,(H2,14,18,19). The summed E-state index contributed by atoms with van der Waals surface area (Å²) in [4.78, 5) is 12.7. The van der Waals surface area contributed by atoms with Gasteiger partial charge in [-0.2, -0.15) is 0 Å². The number of halogens is 1. The third-order valence-corrected chi connectivity index (χ3v) is 5.48. The molecule has 0 aromatic heterocycles. The van der Waals surface area contributed by atoms with Gasteiger partial charge in [-0.3, -0.25) is 9.69 Å². The van der Waals surface area contributed by atoms with Gasteiger partial charge in [0.1, 0.15) is 4.90 Å². The molecular formula is C12H13ClN2O4S2. The molecule has 0 saturated carbocycles. The molecule has 1 aliphatic heterocycles. The maximum Gasteiger partial charge on any atom is 0.284 e. The lowest BCUT2D eigenvalue weighted by Gasteiger charge is -2.32. The van der Waals surface area contributed by atoms with Crippen molar-refractivity contribution < 1.29 is 18.3 Å². The van der Waals surface area contributed by atoms with E-state index in [4.69, 9.17) is 16.7 Å². The summed E-state index contributed by atoms with van der Waals surface area (Å²) in [6.45, 7) is 3.67. The number of nitrogens with zero attached hydrogens (tertiary/aromatic N) is 1. The first-order valence-electron chi connectivity index (χ1n) is 5.80. The summed E-state index contributed by atoms with van der Waals surface area (Å²) in [6, 6.07) is 3.98. The van der Waals surface area contributed by atoms with Crippen molar-refractivity contribution >= 4 is 38.6 Å². The number of primary sulfonamides is 1. The second-order valence-electron chi connectivity index (χ2n) is 4.46. The highest BCUT2D eigenvalue weighted by Crippen LogP contribution is 2.40. The Labute approximate surface area is 131 Å². The Morgan fingerprint density at radius 1 is 1.57 bits per heavy atom. The lowest BCUT2D eigenvalue weighted by molar-refractivity contribution is -0.0506. The molecule has 2 rings (SSSR count). The number of nitrogens with two attached hydrogens (primary N) is 1. The first kappa shape index (κ1) is 16.3. The predicted octanol–water partition coefficient (Wildman–Crippen LogP) is 1.49. The van der Waals surface area contributed by atoms with Gasteiger partial charge in [-0.25, -0.2) is 13.6 Å². The molecule has 9 heteroatoms. The van der Waals surface area contributed by atoms with Crippen molar-refractivity contribution in [3.05, 3.63) is 41.4 Å². The minimum Gasteiger partial charge on any atom is -0.366 e. The molecule has 0 bridgehead atoms. The van der Waals surface area contributed by atoms with Crippen molar-refractivity contribution in [1.29, 1.82) is 0 Å². The van der Waals surface area contributed by atoms with Crippen molar-refractivity contribution in [3.63, 3.8) is 0 Å². The lowest BCUT2D eigenvalue weighted by atomic mass is 10.0. The van der Waals surface area contributed by atoms with Crippen LogP contribution in [0.15, 0.2) is 35.7 Å². The molecule has 1 aromatic rings. The first-order chi connectivity index (χ1) is 9.70. The number of thioether (sulfide) groups is 1. The Morgan fingerprint density at radius 3 is 2.81 bits per heavy atom. The van der Waals surface area contributed by atoms with Crippen LogP contribution in [0.25, 0.3) is 0 Å². The largest absolute Gasteiger partial charge is 0.366 e. The topological polar surface area (TPSA) is 101 Å². The molecule has 6 nitrogen and oxygen atoms in total. The third-order valence-electron chi connectivity index (χ3n) is 3.08. The van der Waals surface area contributed by atoms with Gasteiger partial charge >= 0.3 is 0 Å². The number of benzene rings is 1. The number of carbonyl (C=O) groups is 1. The van der Waals surface area contributed by atoms with Gasteiger partial charge in [0.2, 0.25) is 10.0 Å². The van der Waals surface area contributed by atoms with E-state index in [1.165, 1.54) is 29.2 Å². The monoisotopic (exact) mass is 348 g/mol. The molecule has 21 heavy (non-hydrogen) atoms. The molecule has 0 spiro atoms. The summed E-state index contributed by atoms with van der Waals surface area (Å²) < 4.78 is 23.0. The van der Waals surface area contributed by atoms with Crippen molar-refractivity contribution in [1.82, 2.24) is 4.90 Å². The molecule has 114 valence electrons. The van der Waals surface area contributed by atoms with E-state index >= 15 is 0 Å². The van der Waals surface area contributed by atoms with Crippen molar-refractivity contribution in [2.24, 2.45) is 5.14 Å². The molecule has 1 amide bonds. The van der Waals surface area contributed by atoms with E-state index in [0.717, 1.165) is 11.8 Å². The fourth-order valence-corrected chi connectivity index (χ4v) is 4.13. The van der Waals surface area contributed by atoms with Crippen LogP contribution < -0.4 is 5.14 Å². The summed E-state index contributed by atoms with van der Waals surface area (Å²) in [5.41, 5.74) is -1.39. The smallest absolute Gasteiger partial charge is 0.284 e. The molecule has 1 unspecified atom stereocenters. The van der Waals surface area contributed by atoms with E-state index in [9.17, 15) is 18.3 Å². The molecule has 3 N–H and O–H groups in total. The van der Waals surface area contributed by atoms with Gasteiger partial charge < -0.3 is 5.11 Å². The van der Waals surface area contributed by atoms with Gasteiger partial charge in [-0.15, -0.1) is 6.58 Å². The van der Waals surface area contributed by atoms with Crippen LogP contribution in [0.2, 0.25) is 5.02 Å². The minimum atomic E-state index is -4.03. The molecule has 0 aliphatic carbocycles. The van der Waals surface area contributed by atoms with E-state index in [0.29, 0.717) is 0 Å². The molecule has 0 radical (unpaired) electrons. The van der Waals surface area contributed by atoms with E-state index in [-0.39, 0.29) is 33.0 Å². The van der Waals surface area contributed by atoms with Crippen LogP contribution in [0.3, 0.4) is 0 Å². The van der Waals surface area contributed by atoms with Gasteiger partial charge in [0.25, 0.3) is 5.24 Å². The number of sulfonamides is 1. The fraction of sp³-hybridized carbons (Fsp3) is 0.250. The fourth-order valence-electron chi connectivity index (χ4n) is 2.03. The van der Waals surface area contributed by atoms with Crippen molar-refractivity contribution in [2.75, 3.05) is 12.3 Å². The Balaban J connectivity index is 2.55. The van der Waals surface area contributed by atoms with Crippen LogP contribution in [-0.4, -0.2) is 36.0 Å². The van der Waals surface area contributed by atoms with Crippen LogP contribution in [-0.2, 0) is 15.7 Å². The SMILES string of the molecule is C=CCN1C(=O)SCC1(O)c1ccc(Cl)c(S(N)(=O)=O)c1. The first-order valence-corrected chi connectivity index (χ1v) is 8.71. The average Bonchev–Trinajstić information content (AvgIpc) is 2.68. The van der Waals surface area contributed by atoms with Gasteiger partial charge in [0.05, 0.1) is 10.8 Å². The summed E-state index contributed by atoms with van der Waals surface area (Å²) in [7, 11) is -4.03.